The molecule has 3 aromatic rings. The average Bonchev–Trinajstić information content (AvgIpc) is 3.12. The molecule has 4 rings (SSSR count). The summed E-state index contributed by atoms with van der Waals surface area (Å²) in [5.74, 6) is -0.417. The van der Waals surface area contributed by atoms with Crippen LogP contribution in [0.25, 0.3) is 10.9 Å². The number of hydrogen-bond acceptors (Lipinski definition) is 6. The van der Waals surface area contributed by atoms with E-state index in [-0.39, 0.29) is 24.5 Å². The Morgan fingerprint density at radius 3 is 2.68 bits per heavy atom. The van der Waals surface area contributed by atoms with Gasteiger partial charge in [-0.15, -0.1) is 0 Å². The number of H-pyrrole nitrogens is 1. The fraction of sp³-hybridized carbons (Fsp3) is 0.238. The number of methoxy groups -OCH3 is 1. The van der Waals surface area contributed by atoms with E-state index in [1.165, 1.54) is 13.2 Å². The van der Waals surface area contributed by atoms with Crippen molar-refractivity contribution in [3.8, 4) is 17.2 Å². The lowest BCUT2D eigenvalue weighted by molar-refractivity contribution is -0.140. The number of aromatic hydroxyl groups is 1. The zero-order valence-corrected chi connectivity index (χ0v) is 15.4. The van der Waals surface area contributed by atoms with Crippen molar-refractivity contribution in [2.75, 3.05) is 13.9 Å². The lowest BCUT2D eigenvalue weighted by Crippen LogP contribution is -2.20. The Balaban J connectivity index is 1.90. The largest absolute Gasteiger partial charge is 0.508 e. The Kier molecular flexibility index (Phi) is 4.43. The number of carbonyl (C=O) groups is 1. The van der Waals surface area contributed by atoms with E-state index in [0.29, 0.717) is 28.1 Å². The Bertz CT molecular complexity index is 1130. The third-order valence-corrected chi connectivity index (χ3v) is 4.90. The predicted molar refractivity (Wildman–Crippen MR) is 102 cm³/mol. The fourth-order valence-electron chi connectivity index (χ4n) is 3.47. The molecular formula is C21H19NO6. The van der Waals surface area contributed by atoms with Crippen molar-refractivity contribution in [3.05, 3.63) is 63.4 Å². The van der Waals surface area contributed by atoms with Crippen LogP contribution in [-0.2, 0) is 9.53 Å². The van der Waals surface area contributed by atoms with E-state index in [4.69, 9.17) is 14.2 Å². The first-order valence-corrected chi connectivity index (χ1v) is 8.79. The van der Waals surface area contributed by atoms with Crippen LogP contribution < -0.4 is 15.0 Å². The van der Waals surface area contributed by atoms with Gasteiger partial charge >= 0.3 is 5.97 Å². The maximum Gasteiger partial charge on any atom is 0.306 e. The van der Waals surface area contributed by atoms with E-state index in [2.05, 4.69) is 4.98 Å². The number of aromatic nitrogens is 1. The molecule has 0 spiro atoms. The lowest BCUT2D eigenvalue weighted by atomic mass is 9.87. The van der Waals surface area contributed by atoms with Gasteiger partial charge in [0.25, 0.3) is 5.56 Å². The van der Waals surface area contributed by atoms with Gasteiger partial charge in [-0.05, 0) is 36.6 Å². The summed E-state index contributed by atoms with van der Waals surface area (Å²) in [6.07, 6.45) is -0.107. The van der Waals surface area contributed by atoms with Crippen molar-refractivity contribution in [1.82, 2.24) is 4.98 Å². The second kappa shape index (κ2) is 6.92. The van der Waals surface area contributed by atoms with Crippen LogP contribution in [0.1, 0.15) is 29.0 Å². The third-order valence-electron chi connectivity index (χ3n) is 4.90. The molecular weight excluding hydrogens is 362 g/mol. The van der Waals surface area contributed by atoms with Gasteiger partial charge in [0.15, 0.2) is 11.5 Å². The molecule has 0 unspecified atom stereocenters. The van der Waals surface area contributed by atoms with Crippen LogP contribution in [0.3, 0.4) is 0 Å². The number of phenols is 1. The first-order chi connectivity index (χ1) is 13.5. The van der Waals surface area contributed by atoms with Gasteiger partial charge in [-0.1, -0.05) is 11.6 Å². The van der Waals surface area contributed by atoms with Gasteiger partial charge in [0.05, 0.1) is 13.5 Å². The molecule has 2 heterocycles. The number of fused-ring (bicyclic) bond motifs is 2. The van der Waals surface area contributed by atoms with Crippen molar-refractivity contribution in [2.45, 2.75) is 19.3 Å². The maximum atomic E-state index is 12.8. The number of aromatic amines is 1. The molecule has 2 N–H and O–H groups in total. The van der Waals surface area contributed by atoms with Crippen LogP contribution in [0.2, 0.25) is 0 Å². The highest BCUT2D eigenvalue weighted by Gasteiger charge is 2.27. The highest BCUT2D eigenvalue weighted by molar-refractivity contribution is 5.80. The molecule has 144 valence electrons. The van der Waals surface area contributed by atoms with Crippen molar-refractivity contribution in [2.24, 2.45) is 0 Å². The Labute approximate surface area is 160 Å². The standard InChI is InChI=1S/C21H19NO6/c1-11-3-4-16-12(5-11)6-15(21(25)22-16)13(8-20(24)26-2)14-7-18-19(9-17(14)23)28-10-27-18/h3-7,9,13,23H,8,10H2,1-2H3,(H,22,25)/t13-/m1/s1. The lowest BCUT2D eigenvalue weighted by Gasteiger charge is -2.18. The Morgan fingerprint density at radius 1 is 1.18 bits per heavy atom. The Hall–Kier alpha value is -3.48. The number of hydrogen-bond donors (Lipinski definition) is 2. The van der Waals surface area contributed by atoms with Gasteiger partial charge in [0, 0.05) is 28.6 Å². The zero-order chi connectivity index (χ0) is 19.8. The summed E-state index contributed by atoms with van der Waals surface area (Å²) in [6.45, 7) is 2.01. The molecule has 0 saturated heterocycles. The first kappa shape index (κ1) is 17.9. The third kappa shape index (κ3) is 3.15. The number of carbonyl (C=O) groups excluding carboxylic acids is 1. The number of pyridine rings is 1. The van der Waals surface area contributed by atoms with Crippen LogP contribution >= 0.6 is 0 Å². The van der Waals surface area contributed by atoms with Gasteiger partial charge in [-0.25, -0.2) is 0 Å². The molecule has 1 aliphatic heterocycles. The SMILES string of the molecule is COC(=O)C[C@H](c1cc2c(cc1O)OCO2)c1cc2cc(C)ccc2[nH]c1=O. The van der Waals surface area contributed by atoms with Gasteiger partial charge in [0.2, 0.25) is 6.79 Å². The summed E-state index contributed by atoms with van der Waals surface area (Å²) < 4.78 is 15.5. The van der Waals surface area contributed by atoms with Crippen LogP contribution in [0.15, 0.2) is 41.2 Å². The summed E-state index contributed by atoms with van der Waals surface area (Å²) in [7, 11) is 1.28. The molecule has 1 aliphatic rings. The number of nitrogens with one attached hydrogen (secondary N) is 1. The van der Waals surface area contributed by atoms with Crippen LogP contribution in [0, 0.1) is 6.92 Å². The van der Waals surface area contributed by atoms with Crippen LogP contribution in [-0.4, -0.2) is 30.0 Å². The van der Waals surface area contributed by atoms with E-state index in [9.17, 15) is 14.7 Å². The van der Waals surface area contributed by atoms with Crippen LogP contribution in [0.4, 0.5) is 0 Å². The molecule has 0 aliphatic carbocycles. The van der Waals surface area contributed by atoms with Gasteiger partial charge in [-0.3, -0.25) is 9.59 Å². The quantitative estimate of drug-likeness (QED) is 0.675. The molecule has 1 atom stereocenters. The van der Waals surface area contributed by atoms with Crippen LogP contribution in [0.5, 0.6) is 17.2 Å². The van der Waals surface area contributed by atoms with Crippen molar-refractivity contribution in [3.63, 3.8) is 0 Å². The molecule has 0 radical (unpaired) electrons. The molecule has 0 amide bonds. The molecule has 7 heteroatoms. The van der Waals surface area contributed by atoms with Gasteiger partial charge < -0.3 is 24.3 Å². The molecule has 0 fully saturated rings. The van der Waals surface area contributed by atoms with E-state index in [1.807, 2.05) is 25.1 Å². The second-order valence-corrected chi connectivity index (χ2v) is 6.74. The molecule has 1 aromatic heterocycles. The average molecular weight is 381 g/mol. The molecule has 28 heavy (non-hydrogen) atoms. The van der Waals surface area contributed by atoms with E-state index in [1.54, 1.807) is 12.1 Å². The van der Waals surface area contributed by atoms with E-state index >= 15 is 0 Å². The Morgan fingerprint density at radius 2 is 1.93 bits per heavy atom. The summed E-state index contributed by atoms with van der Waals surface area (Å²) in [6, 6.07) is 10.5. The molecule has 2 aromatic carbocycles. The monoisotopic (exact) mass is 381 g/mol. The van der Waals surface area contributed by atoms with Crippen molar-refractivity contribution >= 4 is 16.9 Å². The molecule has 7 nitrogen and oxygen atoms in total. The molecule has 0 saturated carbocycles. The maximum absolute atomic E-state index is 12.8. The summed E-state index contributed by atoms with van der Waals surface area (Å²) in [5, 5.41) is 11.4. The van der Waals surface area contributed by atoms with E-state index < -0.39 is 11.9 Å². The highest BCUT2D eigenvalue weighted by atomic mass is 16.7. The second-order valence-electron chi connectivity index (χ2n) is 6.74. The summed E-state index contributed by atoms with van der Waals surface area (Å²) in [5.41, 5.74) is 2.17. The number of phenolic OH excluding ortho intramolecular Hbond substituents is 1. The summed E-state index contributed by atoms with van der Waals surface area (Å²) in [4.78, 5) is 27.7. The molecule has 0 bridgehead atoms. The smallest absolute Gasteiger partial charge is 0.306 e. The minimum absolute atomic E-state index is 0.0513. The number of aryl methyl sites for hydroxylation is 1. The van der Waals surface area contributed by atoms with Crippen molar-refractivity contribution < 1.29 is 24.1 Å². The topological polar surface area (TPSA) is 97.8 Å². The zero-order valence-electron chi connectivity index (χ0n) is 15.4. The van der Waals surface area contributed by atoms with E-state index in [0.717, 1.165) is 10.9 Å². The minimum atomic E-state index is -0.712. The minimum Gasteiger partial charge on any atom is -0.508 e. The van der Waals surface area contributed by atoms with Gasteiger partial charge in [0.1, 0.15) is 5.75 Å². The van der Waals surface area contributed by atoms with Crippen molar-refractivity contribution in [1.29, 1.82) is 0 Å². The fourth-order valence-corrected chi connectivity index (χ4v) is 3.47. The first-order valence-electron chi connectivity index (χ1n) is 8.79. The predicted octanol–water partition coefficient (Wildman–Crippen LogP) is 2.97. The number of ether oxygens (including phenoxy) is 3. The van der Waals surface area contributed by atoms with Gasteiger partial charge in [-0.2, -0.15) is 0 Å². The number of benzene rings is 2. The summed E-state index contributed by atoms with van der Waals surface area (Å²) >= 11 is 0. The normalized spacial score (nSPS) is 13.5. The highest BCUT2D eigenvalue weighted by Crippen LogP contribution is 2.42. The number of rotatable bonds is 4. The number of esters is 1.